The van der Waals surface area contributed by atoms with Crippen LogP contribution in [0.4, 0.5) is 0 Å². The van der Waals surface area contributed by atoms with Crippen molar-refractivity contribution in [2.24, 2.45) is 0 Å². The number of benzene rings is 2. The smallest absolute Gasteiger partial charge is 0.189 e. The summed E-state index contributed by atoms with van der Waals surface area (Å²) in [4.78, 5) is 11.1. The van der Waals surface area contributed by atoms with Gasteiger partial charge in [-0.1, -0.05) is 71.0 Å². The second-order valence-electron chi connectivity index (χ2n) is 7.14. The van der Waals surface area contributed by atoms with Crippen molar-refractivity contribution in [1.29, 1.82) is 0 Å². The Kier molecular flexibility index (Phi) is 5.84. The van der Waals surface area contributed by atoms with Crippen LogP contribution in [0.5, 0.6) is 0 Å². The summed E-state index contributed by atoms with van der Waals surface area (Å²) in [5.41, 5.74) is 6.53. The largest absolute Gasteiger partial charge is 0.227 e. The normalized spacial score (nSPS) is 13.4. The van der Waals surface area contributed by atoms with Crippen molar-refractivity contribution in [2.75, 3.05) is 0 Å². The average Bonchev–Trinajstić information content (AvgIpc) is 2.68. The maximum absolute atomic E-state index is 4.96. The van der Waals surface area contributed by atoms with Crippen LogP contribution in [0.3, 0.4) is 0 Å². The number of aryl methyl sites for hydroxylation is 3. The molecule has 0 amide bonds. The predicted octanol–water partition coefficient (Wildman–Crippen LogP) is 6.42. The SMILES string of the molecule is Cc1ccc(CSc2nc3c(c(Sc4cccc(C)c4)n2)CCCC3)cc1. The average molecular weight is 393 g/mol. The van der Waals surface area contributed by atoms with Crippen LogP contribution in [-0.4, -0.2) is 9.97 Å². The molecule has 0 bridgehead atoms. The maximum Gasteiger partial charge on any atom is 0.189 e. The second kappa shape index (κ2) is 8.49. The number of hydrogen-bond acceptors (Lipinski definition) is 4. The molecule has 1 aliphatic carbocycles. The Hall–Kier alpha value is -1.78. The summed E-state index contributed by atoms with van der Waals surface area (Å²) in [6, 6.07) is 17.4. The van der Waals surface area contributed by atoms with Gasteiger partial charge in [-0.15, -0.1) is 0 Å². The first-order valence-corrected chi connectivity index (χ1v) is 11.3. The van der Waals surface area contributed by atoms with E-state index < -0.39 is 0 Å². The minimum Gasteiger partial charge on any atom is -0.227 e. The summed E-state index contributed by atoms with van der Waals surface area (Å²) >= 11 is 3.53. The molecule has 1 heterocycles. The van der Waals surface area contributed by atoms with E-state index in [4.69, 9.17) is 9.97 Å². The Morgan fingerprint density at radius 3 is 2.52 bits per heavy atom. The maximum atomic E-state index is 4.96. The number of nitrogens with zero attached hydrogens (tertiary/aromatic N) is 2. The molecule has 0 spiro atoms. The third kappa shape index (κ3) is 4.74. The number of aromatic nitrogens is 2. The molecule has 0 N–H and O–H groups in total. The lowest BCUT2D eigenvalue weighted by Crippen LogP contribution is -2.09. The molecule has 0 saturated heterocycles. The first-order valence-electron chi connectivity index (χ1n) is 9.50. The number of fused-ring (bicyclic) bond motifs is 1. The Morgan fingerprint density at radius 2 is 1.70 bits per heavy atom. The predicted molar refractivity (Wildman–Crippen MR) is 115 cm³/mol. The van der Waals surface area contributed by atoms with E-state index in [1.165, 1.54) is 45.7 Å². The zero-order valence-corrected chi connectivity index (χ0v) is 17.5. The van der Waals surface area contributed by atoms with Gasteiger partial charge in [-0.25, -0.2) is 9.97 Å². The molecule has 1 aliphatic rings. The van der Waals surface area contributed by atoms with E-state index in [0.29, 0.717) is 0 Å². The van der Waals surface area contributed by atoms with Gasteiger partial charge in [0.2, 0.25) is 0 Å². The van der Waals surface area contributed by atoms with Crippen LogP contribution >= 0.6 is 23.5 Å². The fourth-order valence-electron chi connectivity index (χ4n) is 3.31. The molecular formula is C23H24N2S2. The highest BCUT2D eigenvalue weighted by Gasteiger charge is 2.19. The van der Waals surface area contributed by atoms with Crippen LogP contribution in [0.15, 0.2) is 63.6 Å². The summed E-state index contributed by atoms with van der Waals surface area (Å²) in [6.07, 6.45) is 4.66. The van der Waals surface area contributed by atoms with Gasteiger partial charge >= 0.3 is 0 Å². The third-order valence-electron chi connectivity index (χ3n) is 4.82. The van der Waals surface area contributed by atoms with Gasteiger partial charge < -0.3 is 0 Å². The van der Waals surface area contributed by atoms with Gasteiger partial charge in [0.25, 0.3) is 0 Å². The van der Waals surface area contributed by atoms with Crippen LogP contribution in [0.25, 0.3) is 0 Å². The summed E-state index contributed by atoms with van der Waals surface area (Å²) in [7, 11) is 0. The van der Waals surface area contributed by atoms with Crippen molar-refractivity contribution in [3.8, 4) is 0 Å². The van der Waals surface area contributed by atoms with Gasteiger partial charge in [-0.3, -0.25) is 0 Å². The number of thioether (sulfide) groups is 1. The molecule has 2 nitrogen and oxygen atoms in total. The molecule has 4 heteroatoms. The standard InChI is InChI=1S/C23H24N2S2/c1-16-10-12-18(13-11-16)15-26-23-24-21-9-4-3-8-20(21)22(25-23)27-19-7-5-6-17(2)14-19/h5-7,10-14H,3-4,8-9,15H2,1-2H3. The molecule has 1 aromatic heterocycles. The highest BCUT2D eigenvalue weighted by molar-refractivity contribution is 7.99. The van der Waals surface area contributed by atoms with E-state index in [-0.39, 0.29) is 0 Å². The van der Waals surface area contributed by atoms with Crippen molar-refractivity contribution in [3.05, 3.63) is 76.5 Å². The Bertz CT molecular complexity index is 936. The zero-order chi connectivity index (χ0) is 18.6. The summed E-state index contributed by atoms with van der Waals surface area (Å²) < 4.78 is 0. The zero-order valence-electron chi connectivity index (χ0n) is 15.9. The molecule has 3 aromatic rings. The van der Waals surface area contributed by atoms with Crippen LogP contribution in [-0.2, 0) is 18.6 Å². The minimum atomic E-state index is 0.909. The van der Waals surface area contributed by atoms with Crippen molar-refractivity contribution < 1.29 is 0 Å². The van der Waals surface area contributed by atoms with Crippen molar-refractivity contribution in [2.45, 2.75) is 60.4 Å². The molecule has 0 unspecified atom stereocenters. The molecule has 0 radical (unpaired) electrons. The van der Waals surface area contributed by atoms with Gasteiger partial charge in [0.15, 0.2) is 5.16 Å². The first-order chi connectivity index (χ1) is 13.2. The van der Waals surface area contributed by atoms with Gasteiger partial charge in [0.1, 0.15) is 5.03 Å². The van der Waals surface area contributed by atoms with E-state index in [0.717, 1.165) is 28.8 Å². The van der Waals surface area contributed by atoms with Crippen LogP contribution in [0.2, 0.25) is 0 Å². The summed E-state index contributed by atoms with van der Waals surface area (Å²) in [6.45, 7) is 4.26. The first kappa shape index (κ1) is 18.6. The molecule has 0 fully saturated rings. The Labute approximate surface area is 170 Å². The van der Waals surface area contributed by atoms with E-state index in [9.17, 15) is 0 Å². The molecule has 4 rings (SSSR count). The van der Waals surface area contributed by atoms with Crippen molar-refractivity contribution in [3.63, 3.8) is 0 Å². The quantitative estimate of drug-likeness (QED) is 0.284. The van der Waals surface area contributed by atoms with Crippen LogP contribution in [0.1, 0.15) is 40.8 Å². The lowest BCUT2D eigenvalue weighted by molar-refractivity contribution is 0.628. The molecule has 0 aliphatic heterocycles. The highest BCUT2D eigenvalue weighted by Crippen LogP contribution is 2.35. The van der Waals surface area contributed by atoms with Gasteiger partial charge in [0, 0.05) is 21.9 Å². The monoisotopic (exact) mass is 392 g/mol. The molecule has 0 atom stereocenters. The summed E-state index contributed by atoms with van der Waals surface area (Å²) in [5.74, 6) is 0.910. The fourth-order valence-corrected chi connectivity index (χ4v) is 5.28. The second-order valence-corrected chi connectivity index (χ2v) is 9.14. The Balaban J connectivity index is 1.59. The molecule has 138 valence electrons. The minimum absolute atomic E-state index is 0.909. The van der Waals surface area contributed by atoms with Gasteiger partial charge in [-0.05, 0) is 57.2 Å². The third-order valence-corrected chi connectivity index (χ3v) is 6.76. The van der Waals surface area contributed by atoms with E-state index in [1.807, 2.05) is 0 Å². The van der Waals surface area contributed by atoms with E-state index in [2.05, 4.69) is 62.4 Å². The Morgan fingerprint density at radius 1 is 0.889 bits per heavy atom. The fraction of sp³-hybridized carbons (Fsp3) is 0.304. The van der Waals surface area contributed by atoms with E-state index in [1.54, 1.807) is 23.5 Å². The lowest BCUT2D eigenvalue weighted by atomic mass is 9.98. The molecule has 0 saturated carbocycles. The molecule has 2 aromatic carbocycles. The van der Waals surface area contributed by atoms with Crippen molar-refractivity contribution >= 4 is 23.5 Å². The van der Waals surface area contributed by atoms with Crippen molar-refractivity contribution in [1.82, 2.24) is 9.97 Å². The molecular weight excluding hydrogens is 368 g/mol. The van der Waals surface area contributed by atoms with E-state index >= 15 is 0 Å². The van der Waals surface area contributed by atoms with Gasteiger partial charge in [0.05, 0.1) is 0 Å². The number of hydrogen-bond donors (Lipinski definition) is 0. The highest BCUT2D eigenvalue weighted by atomic mass is 32.2. The topological polar surface area (TPSA) is 25.8 Å². The summed E-state index contributed by atoms with van der Waals surface area (Å²) in [5, 5.41) is 2.06. The lowest BCUT2D eigenvalue weighted by Gasteiger charge is -2.18. The van der Waals surface area contributed by atoms with Crippen LogP contribution in [0, 0.1) is 13.8 Å². The van der Waals surface area contributed by atoms with Crippen LogP contribution < -0.4 is 0 Å². The number of rotatable bonds is 5. The van der Waals surface area contributed by atoms with Gasteiger partial charge in [-0.2, -0.15) is 0 Å². The molecule has 27 heavy (non-hydrogen) atoms.